The van der Waals surface area contributed by atoms with E-state index in [0.717, 1.165) is 27.5 Å². The Balaban J connectivity index is 1.74. The van der Waals surface area contributed by atoms with Crippen LogP contribution in [0.15, 0.2) is 52.7 Å². The van der Waals surface area contributed by atoms with Crippen molar-refractivity contribution >= 4 is 35.5 Å². The molecule has 1 N–H and O–H groups in total. The van der Waals surface area contributed by atoms with Crippen molar-refractivity contribution in [3.05, 3.63) is 81.5 Å². The minimum Gasteiger partial charge on any atom is -0.467 e. The first-order valence-electron chi connectivity index (χ1n) is 9.63. The number of carbonyl (C=O) groups excluding carboxylic acids is 3. The highest BCUT2D eigenvalue weighted by atomic mass is 35.5. The van der Waals surface area contributed by atoms with E-state index in [9.17, 15) is 14.4 Å². The van der Waals surface area contributed by atoms with E-state index in [1.165, 1.54) is 12.3 Å². The molecule has 158 valence electrons. The number of benzene rings is 1. The molecule has 8 heteroatoms. The maximum Gasteiger partial charge on any atom is 0.331 e. The molecule has 0 bridgehead atoms. The summed E-state index contributed by atoms with van der Waals surface area (Å²) >= 11 is 6.29. The highest BCUT2D eigenvalue weighted by molar-refractivity contribution is 6.31. The highest BCUT2D eigenvalue weighted by Gasteiger charge is 2.36. The first-order chi connectivity index (χ1) is 14.8. The molecule has 1 aromatic carbocycles. The molecule has 4 rings (SSSR count). The molecule has 1 aliphatic heterocycles. The second-order valence-corrected chi connectivity index (χ2v) is 7.74. The lowest BCUT2D eigenvalue weighted by atomic mass is 10.1. The van der Waals surface area contributed by atoms with Crippen LogP contribution in [0.5, 0.6) is 0 Å². The number of urea groups is 1. The number of carbonyl (C=O) groups is 3. The SMILES string of the molecule is Cc1c(Cl)cccc1-n1c(C)cc(/C=C2/C(=O)NC(=O)N(Cc3ccco3)C2=O)c1C. The van der Waals surface area contributed by atoms with Gasteiger partial charge in [0.2, 0.25) is 0 Å². The van der Waals surface area contributed by atoms with Crippen molar-refractivity contribution in [2.75, 3.05) is 0 Å². The average molecular weight is 438 g/mol. The number of halogens is 1. The van der Waals surface area contributed by atoms with E-state index >= 15 is 0 Å². The summed E-state index contributed by atoms with van der Waals surface area (Å²) in [6.07, 6.45) is 2.97. The van der Waals surface area contributed by atoms with Crippen molar-refractivity contribution in [1.82, 2.24) is 14.8 Å². The molecule has 1 fully saturated rings. The van der Waals surface area contributed by atoms with Gasteiger partial charge in [-0.05, 0) is 68.3 Å². The average Bonchev–Trinajstić information content (AvgIpc) is 3.33. The van der Waals surface area contributed by atoms with Crippen molar-refractivity contribution in [3.63, 3.8) is 0 Å². The molecule has 2 aromatic heterocycles. The number of aryl methyl sites for hydroxylation is 1. The van der Waals surface area contributed by atoms with Crippen molar-refractivity contribution in [2.45, 2.75) is 27.3 Å². The third kappa shape index (κ3) is 3.68. The monoisotopic (exact) mass is 437 g/mol. The number of nitrogens with one attached hydrogen (secondary N) is 1. The lowest BCUT2D eigenvalue weighted by Gasteiger charge is -2.25. The molecule has 0 spiro atoms. The lowest BCUT2D eigenvalue weighted by Crippen LogP contribution is -2.53. The molecular weight excluding hydrogens is 418 g/mol. The number of hydrogen-bond acceptors (Lipinski definition) is 4. The first-order valence-corrected chi connectivity index (χ1v) is 10.0. The Kier molecular flexibility index (Phi) is 5.29. The number of hydrogen-bond donors (Lipinski definition) is 1. The normalized spacial score (nSPS) is 15.7. The molecule has 0 aliphatic carbocycles. The number of amides is 4. The minimum absolute atomic E-state index is 0.0665. The standard InChI is InChI=1S/C23H20ClN3O4/c1-13-10-16(15(3)27(13)20-8-4-7-19(24)14(20)2)11-18-21(28)25-23(30)26(22(18)29)12-17-6-5-9-31-17/h4-11H,12H2,1-3H3,(H,25,28,30)/b18-11-. The summed E-state index contributed by atoms with van der Waals surface area (Å²) in [4.78, 5) is 38.6. The Morgan fingerprint density at radius 1 is 1.10 bits per heavy atom. The maximum absolute atomic E-state index is 13.0. The van der Waals surface area contributed by atoms with Gasteiger partial charge in [0.05, 0.1) is 12.8 Å². The lowest BCUT2D eigenvalue weighted by molar-refractivity contribution is -0.130. The number of imide groups is 2. The first kappa shape index (κ1) is 20.7. The van der Waals surface area contributed by atoms with Crippen molar-refractivity contribution in [2.24, 2.45) is 0 Å². The third-order valence-electron chi connectivity index (χ3n) is 5.33. The van der Waals surface area contributed by atoms with Gasteiger partial charge in [0.15, 0.2) is 0 Å². The van der Waals surface area contributed by atoms with Crippen LogP contribution in [0.4, 0.5) is 4.79 Å². The quantitative estimate of drug-likeness (QED) is 0.487. The van der Waals surface area contributed by atoms with Crippen LogP contribution < -0.4 is 5.32 Å². The van der Waals surface area contributed by atoms with Gasteiger partial charge in [-0.15, -0.1) is 0 Å². The van der Waals surface area contributed by atoms with Gasteiger partial charge in [0.1, 0.15) is 11.3 Å². The molecule has 0 radical (unpaired) electrons. The Hall–Kier alpha value is -3.58. The zero-order valence-electron chi connectivity index (χ0n) is 17.2. The Morgan fingerprint density at radius 3 is 2.58 bits per heavy atom. The van der Waals surface area contributed by atoms with Crippen LogP contribution in [0.2, 0.25) is 5.02 Å². The Bertz CT molecular complexity index is 1240. The largest absolute Gasteiger partial charge is 0.467 e. The van der Waals surface area contributed by atoms with E-state index in [1.54, 1.807) is 12.1 Å². The van der Waals surface area contributed by atoms with Crippen LogP contribution in [-0.2, 0) is 16.1 Å². The topological polar surface area (TPSA) is 84.6 Å². The van der Waals surface area contributed by atoms with Gasteiger partial charge in [-0.3, -0.25) is 19.8 Å². The molecular formula is C23H20ClN3O4. The van der Waals surface area contributed by atoms with Crippen molar-refractivity contribution < 1.29 is 18.8 Å². The van der Waals surface area contributed by atoms with Crippen LogP contribution in [0.3, 0.4) is 0 Å². The smallest absolute Gasteiger partial charge is 0.331 e. The molecule has 1 saturated heterocycles. The molecule has 0 saturated carbocycles. The van der Waals surface area contributed by atoms with Crippen LogP contribution in [0.25, 0.3) is 11.8 Å². The molecule has 3 heterocycles. The fourth-order valence-electron chi connectivity index (χ4n) is 3.69. The van der Waals surface area contributed by atoms with Gasteiger partial charge in [-0.25, -0.2) is 4.79 Å². The van der Waals surface area contributed by atoms with Crippen LogP contribution in [0, 0.1) is 20.8 Å². The Morgan fingerprint density at radius 2 is 1.87 bits per heavy atom. The summed E-state index contributed by atoms with van der Waals surface area (Å²) in [5.74, 6) is -0.963. The van der Waals surface area contributed by atoms with E-state index in [0.29, 0.717) is 16.3 Å². The predicted molar refractivity (Wildman–Crippen MR) is 116 cm³/mol. The summed E-state index contributed by atoms with van der Waals surface area (Å²) < 4.78 is 7.25. The number of furan rings is 1. The van der Waals surface area contributed by atoms with Crippen molar-refractivity contribution in [1.29, 1.82) is 0 Å². The molecule has 7 nitrogen and oxygen atoms in total. The van der Waals surface area contributed by atoms with Gasteiger partial charge in [0, 0.05) is 22.1 Å². The number of nitrogens with zero attached hydrogens (tertiary/aromatic N) is 2. The van der Waals surface area contributed by atoms with E-state index in [1.807, 2.05) is 49.6 Å². The second-order valence-electron chi connectivity index (χ2n) is 7.33. The predicted octanol–water partition coefficient (Wildman–Crippen LogP) is 4.31. The number of aromatic nitrogens is 1. The van der Waals surface area contributed by atoms with Gasteiger partial charge in [-0.1, -0.05) is 17.7 Å². The summed E-state index contributed by atoms with van der Waals surface area (Å²) in [6.45, 7) is 5.70. The third-order valence-corrected chi connectivity index (χ3v) is 5.74. The second kappa shape index (κ2) is 7.92. The fourth-order valence-corrected chi connectivity index (χ4v) is 3.86. The number of rotatable bonds is 4. The van der Waals surface area contributed by atoms with E-state index in [2.05, 4.69) is 5.32 Å². The molecule has 3 aromatic rings. The molecule has 4 amide bonds. The summed E-state index contributed by atoms with van der Waals surface area (Å²) in [7, 11) is 0. The summed E-state index contributed by atoms with van der Waals surface area (Å²) in [5.41, 5.74) is 4.18. The van der Waals surface area contributed by atoms with Crippen LogP contribution in [0.1, 0.15) is 28.3 Å². The zero-order valence-corrected chi connectivity index (χ0v) is 18.0. The maximum atomic E-state index is 13.0. The van der Waals surface area contributed by atoms with Gasteiger partial charge in [-0.2, -0.15) is 0 Å². The van der Waals surface area contributed by atoms with Gasteiger partial charge in [0.25, 0.3) is 11.8 Å². The van der Waals surface area contributed by atoms with Crippen molar-refractivity contribution in [3.8, 4) is 5.69 Å². The summed E-state index contributed by atoms with van der Waals surface area (Å²) in [6, 6.07) is 10.1. The zero-order chi connectivity index (χ0) is 22.3. The minimum atomic E-state index is -0.774. The molecule has 1 aliphatic rings. The number of barbiturate groups is 1. The summed E-state index contributed by atoms with van der Waals surface area (Å²) in [5, 5.41) is 2.88. The highest BCUT2D eigenvalue weighted by Crippen LogP contribution is 2.28. The van der Waals surface area contributed by atoms with Gasteiger partial charge >= 0.3 is 6.03 Å². The van der Waals surface area contributed by atoms with Crippen LogP contribution in [-0.4, -0.2) is 27.3 Å². The molecule has 31 heavy (non-hydrogen) atoms. The fraction of sp³-hybridized carbons (Fsp3) is 0.174. The molecule has 0 unspecified atom stereocenters. The van der Waals surface area contributed by atoms with E-state index < -0.39 is 17.8 Å². The van der Waals surface area contributed by atoms with Crippen LogP contribution >= 0.6 is 11.6 Å². The van der Waals surface area contributed by atoms with Gasteiger partial charge < -0.3 is 8.98 Å². The van der Waals surface area contributed by atoms with E-state index in [-0.39, 0.29) is 12.1 Å². The molecule has 0 atom stereocenters. The van der Waals surface area contributed by atoms with E-state index in [4.69, 9.17) is 16.0 Å². The Labute approximate surface area is 183 Å².